The molecule has 0 amide bonds. The molecule has 1 atom stereocenters. The van der Waals surface area contributed by atoms with Crippen molar-refractivity contribution in [1.29, 1.82) is 0 Å². The van der Waals surface area contributed by atoms with Crippen LogP contribution in [0.5, 0.6) is 0 Å². The van der Waals surface area contributed by atoms with Crippen LogP contribution >= 0.6 is 0 Å². The predicted molar refractivity (Wildman–Crippen MR) is 62.7 cm³/mol. The Balaban J connectivity index is 4.33. The topological polar surface area (TPSA) is 78.9 Å². The van der Waals surface area contributed by atoms with Gasteiger partial charge in [-0.05, 0) is 12.8 Å². The van der Waals surface area contributed by atoms with Crippen LogP contribution in [0.4, 0.5) is 0 Å². The number of esters is 3. The Morgan fingerprint density at radius 1 is 1.00 bits per heavy atom. The lowest BCUT2D eigenvalue weighted by atomic mass is 10.2. The molecule has 0 aromatic carbocycles. The zero-order valence-electron chi connectivity index (χ0n) is 11.1. The zero-order valence-corrected chi connectivity index (χ0v) is 11.1. The molecular weight excluding hydrogens is 240 g/mol. The van der Waals surface area contributed by atoms with Crippen LogP contribution in [-0.4, -0.2) is 37.2 Å². The number of hydrogen-bond donors (Lipinski definition) is 0. The molecule has 0 aromatic heterocycles. The fourth-order valence-corrected chi connectivity index (χ4v) is 1.10. The molecule has 0 radical (unpaired) electrons. The van der Waals surface area contributed by atoms with Crippen molar-refractivity contribution in [2.75, 3.05) is 13.2 Å². The minimum absolute atomic E-state index is 0.223. The summed E-state index contributed by atoms with van der Waals surface area (Å²) in [6, 6.07) is 0. The first-order chi connectivity index (χ1) is 8.51. The van der Waals surface area contributed by atoms with Crippen molar-refractivity contribution in [3.05, 3.63) is 0 Å². The van der Waals surface area contributed by atoms with Crippen molar-refractivity contribution in [3.63, 3.8) is 0 Å². The van der Waals surface area contributed by atoms with Gasteiger partial charge in [-0.1, -0.05) is 13.8 Å². The smallest absolute Gasteiger partial charge is 0.348 e. The lowest BCUT2D eigenvalue weighted by Gasteiger charge is -2.15. The Hall–Kier alpha value is -1.59. The summed E-state index contributed by atoms with van der Waals surface area (Å²) >= 11 is 0. The first-order valence-electron chi connectivity index (χ1n) is 6.00. The van der Waals surface area contributed by atoms with Gasteiger partial charge in [-0.2, -0.15) is 0 Å². The number of ether oxygens (including phenoxy) is 3. The minimum Gasteiger partial charge on any atom is -0.466 e. The highest BCUT2D eigenvalue weighted by molar-refractivity contribution is 5.84. The second-order valence-corrected chi connectivity index (χ2v) is 3.69. The highest BCUT2D eigenvalue weighted by Crippen LogP contribution is 2.05. The van der Waals surface area contributed by atoms with Crippen molar-refractivity contribution in [3.8, 4) is 0 Å². The maximum Gasteiger partial charge on any atom is 0.348 e. The monoisotopic (exact) mass is 260 g/mol. The molecular formula is C12H20O6. The lowest BCUT2D eigenvalue weighted by Crippen LogP contribution is -2.31. The van der Waals surface area contributed by atoms with E-state index in [4.69, 9.17) is 14.2 Å². The summed E-state index contributed by atoms with van der Waals surface area (Å²) in [6.45, 7) is 5.35. The normalized spacial score (nSPS) is 11.5. The zero-order chi connectivity index (χ0) is 14.0. The first-order valence-corrected chi connectivity index (χ1v) is 6.00. The average molecular weight is 260 g/mol. The molecule has 18 heavy (non-hydrogen) atoms. The molecule has 0 N–H and O–H groups in total. The third-order valence-electron chi connectivity index (χ3n) is 1.84. The molecule has 0 heterocycles. The number of carbonyl (C=O) groups excluding carboxylic acids is 3. The number of hydrogen-bond acceptors (Lipinski definition) is 6. The molecule has 104 valence electrons. The van der Waals surface area contributed by atoms with Gasteiger partial charge in [0.25, 0.3) is 0 Å². The van der Waals surface area contributed by atoms with E-state index in [-0.39, 0.29) is 19.6 Å². The second kappa shape index (κ2) is 9.44. The standard InChI is InChI=1S/C12H20O6/c1-4-6-16-11(14)8-10(18-9(3)13)12(15)17-7-5-2/h10H,4-8H2,1-3H3/t10-/m0/s1. The van der Waals surface area contributed by atoms with Crippen LogP contribution in [0.15, 0.2) is 0 Å². The van der Waals surface area contributed by atoms with Gasteiger partial charge in [0.1, 0.15) is 0 Å². The largest absolute Gasteiger partial charge is 0.466 e. The van der Waals surface area contributed by atoms with E-state index in [1.807, 2.05) is 13.8 Å². The summed E-state index contributed by atoms with van der Waals surface area (Å²) < 4.78 is 14.4. The van der Waals surface area contributed by atoms with E-state index in [0.717, 1.165) is 6.92 Å². The fourth-order valence-electron chi connectivity index (χ4n) is 1.10. The van der Waals surface area contributed by atoms with Gasteiger partial charge in [-0.25, -0.2) is 4.79 Å². The predicted octanol–water partition coefficient (Wildman–Crippen LogP) is 1.21. The number of rotatable bonds is 8. The second-order valence-electron chi connectivity index (χ2n) is 3.69. The van der Waals surface area contributed by atoms with Crippen LogP contribution in [0, 0.1) is 0 Å². The van der Waals surface area contributed by atoms with E-state index in [9.17, 15) is 14.4 Å². The Morgan fingerprint density at radius 3 is 2.06 bits per heavy atom. The van der Waals surface area contributed by atoms with E-state index in [2.05, 4.69) is 0 Å². The van der Waals surface area contributed by atoms with Crippen LogP contribution in [-0.2, 0) is 28.6 Å². The molecule has 6 heteroatoms. The van der Waals surface area contributed by atoms with Crippen LogP contribution < -0.4 is 0 Å². The summed E-state index contributed by atoms with van der Waals surface area (Å²) in [4.78, 5) is 33.7. The molecule has 0 aliphatic heterocycles. The van der Waals surface area contributed by atoms with Crippen molar-refractivity contribution >= 4 is 17.9 Å². The molecule has 0 aliphatic carbocycles. The van der Waals surface area contributed by atoms with Crippen LogP contribution in [0.25, 0.3) is 0 Å². The van der Waals surface area contributed by atoms with Crippen molar-refractivity contribution in [1.82, 2.24) is 0 Å². The Bertz CT molecular complexity index is 286. The minimum atomic E-state index is -1.22. The summed E-state index contributed by atoms with van der Waals surface area (Å²) in [5, 5.41) is 0. The van der Waals surface area contributed by atoms with Crippen LogP contribution in [0.1, 0.15) is 40.0 Å². The first kappa shape index (κ1) is 16.4. The third kappa shape index (κ3) is 7.65. The van der Waals surface area contributed by atoms with Crippen LogP contribution in [0.2, 0.25) is 0 Å². The maximum atomic E-state index is 11.5. The molecule has 0 bridgehead atoms. The van der Waals surface area contributed by atoms with E-state index in [1.165, 1.54) is 0 Å². The van der Waals surface area contributed by atoms with E-state index in [0.29, 0.717) is 12.8 Å². The van der Waals surface area contributed by atoms with E-state index < -0.39 is 24.0 Å². The molecule has 0 aromatic rings. The Kier molecular flexibility index (Phi) is 8.61. The quantitative estimate of drug-likeness (QED) is 0.482. The van der Waals surface area contributed by atoms with Crippen molar-refractivity contribution in [2.24, 2.45) is 0 Å². The molecule has 0 saturated heterocycles. The third-order valence-corrected chi connectivity index (χ3v) is 1.84. The van der Waals surface area contributed by atoms with Crippen molar-refractivity contribution < 1.29 is 28.6 Å². The van der Waals surface area contributed by atoms with Crippen LogP contribution in [0.3, 0.4) is 0 Å². The van der Waals surface area contributed by atoms with Crippen molar-refractivity contribution in [2.45, 2.75) is 46.1 Å². The highest BCUT2D eigenvalue weighted by atomic mass is 16.6. The summed E-state index contributed by atoms with van der Waals surface area (Å²) in [5.41, 5.74) is 0. The summed E-state index contributed by atoms with van der Waals surface area (Å²) in [5.74, 6) is -1.95. The van der Waals surface area contributed by atoms with E-state index in [1.54, 1.807) is 0 Å². The maximum absolute atomic E-state index is 11.5. The Labute approximate surface area is 107 Å². The average Bonchev–Trinajstić information content (AvgIpc) is 2.32. The molecule has 0 aliphatic rings. The lowest BCUT2D eigenvalue weighted by molar-refractivity contribution is -0.170. The van der Waals surface area contributed by atoms with Gasteiger partial charge in [0.2, 0.25) is 6.10 Å². The molecule has 0 saturated carbocycles. The molecule has 0 unspecified atom stereocenters. The van der Waals surface area contributed by atoms with E-state index >= 15 is 0 Å². The molecule has 0 rings (SSSR count). The van der Waals surface area contributed by atoms with Gasteiger partial charge in [-0.15, -0.1) is 0 Å². The fraction of sp³-hybridized carbons (Fsp3) is 0.750. The SMILES string of the molecule is CCCOC(=O)C[C@H](OC(C)=O)C(=O)OCCC. The number of carbonyl (C=O) groups is 3. The summed E-state index contributed by atoms with van der Waals surface area (Å²) in [6.07, 6.45) is -0.205. The van der Waals surface area contributed by atoms with Gasteiger partial charge < -0.3 is 14.2 Å². The van der Waals surface area contributed by atoms with Gasteiger partial charge >= 0.3 is 17.9 Å². The molecule has 0 fully saturated rings. The van der Waals surface area contributed by atoms with Gasteiger partial charge in [0, 0.05) is 6.92 Å². The molecule has 0 spiro atoms. The molecule has 6 nitrogen and oxygen atoms in total. The summed E-state index contributed by atoms with van der Waals surface area (Å²) in [7, 11) is 0. The Morgan fingerprint density at radius 2 is 1.56 bits per heavy atom. The highest BCUT2D eigenvalue weighted by Gasteiger charge is 2.27. The van der Waals surface area contributed by atoms with Gasteiger partial charge in [0.05, 0.1) is 19.6 Å². The van der Waals surface area contributed by atoms with Gasteiger partial charge in [0.15, 0.2) is 0 Å². The van der Waals surface area contributed by atoms with Gasteiger partial charge in [-0.3, -0.25) is 9.59 Å².